The van der Waals surface area contributed by atoms with Crippen LogP contribution < -0.4 is 4.90 Å². The van der Waals surface area contributed by atoms with Crippen LogP contribution in [0, 0.1) is 40.4 Å². The molecule has 4 rings (SSSR count). The fourth-order valence-electron chi connectivity index (χ4n) is 4.92. The topological polar surface area (TPSA) is 67.9 Å². The molecule has 2 heterocycles. The summed E-state index contributed by atoms with van der Waals surface area (Å²) in [7, 11) is 0. The Balaban J connectivity index is 2.04. The quantitative estimate of drug-likeness (QED) is 0.717. The SMILES string of the molecule is Cc1cccc([C@H]2[C@@H](C(=O)C(C)(C)C)N3c4ccccc4C=C[C@H]3C2(C#N)C#N)c1. The summed E-state index contributed by atoms with van der Waals surface area (Å²) in [6.07, 6.45) is 3.89. The number of nitrogens with zero attached hydrogens (tertiary/aromatic N) is 3. The number of carbonyl (C=O) groups excluding carboxylic acids is 1. The molecule has 1 fully saturated rings. The number of aryl methyl sites for hydroxylation is 1. The lowest BCUT2D eigenvalue weighted by atomic mass is 9.67. The average Bonchev–Trinajstić information content (AvgIpc) is 3.03. The van der Waals surface area contributed by atoms with Crippen molar-refractivity contribution in [3.8, 4) is 12.1 Å². The maximum Gasteiger partial charge on any atom is 0.176 e. The Bertz CT molecular complexity index is 1110. The van der Waals surface area contributed by atoms with Crippen LogP contribution in [0.25, 0.3) is 6.08 Å². The second-order valence-electron chi connectivity index (χ2n) is 9.31. The number of anilines is 1. The van der Waals surface area contributed by atoms with Gasteiger partial charge in [-0.3, -0.25) is 4.79 Å². The molecule has 4 nitrogen and oxygen atoms in total. The number of Topliss-reactive ketones (excluding diaryl/α,β-unsaturated/α-hetero) is 1. The Hall–Kier alpha value is -3.37. The molecule has 0 spiro atoms. The maximum atomic E-state index is 13.8. The highest BCUT2D eigenvalue weighted by Crippen LogP contribution is 2.56. The largest absolute Gasteiger partial charge is 0.351 e. The first kappa shape index (κ1) is 19.9. The minimum atomic E-state index is -1.37. The van der Waals surface area contributed by atoms with E-state index in [9.17, 15) is 15.3 Å². The van der Waals surface area contributed by atoms with Crippen molar-refractivity contribution in [2.45, 2.75) is 45.7 Å². The van der Waals surface area contributed by atoms with Crippen molar-refractivity contribution >= 4 is 17.5 Å². The predicted octanol–water partition coefficient (Wildman–Crippen LogP) is 5.01. The molecule has 30 heavy (non-hydrogen) atoms. The summed E-state index contributed by atoms with van der Waals surface area (Å²) in [5.41, 5.74) is 1.81. The molecule has 0 aromatic heterocycles. The summed E-state index contributed by atoms with van der Waals surface area (Å²) >= 11 is 0. The van der Waals surface area contributed by atoms with Crippen LogP contribution in [-0.2, 0) is 4.79 Å². The van der Waals surface area contributed by atoms with Crippen molar-refractivity contribution < 1.29 is 4.79 Å². The molecule has 0 amide bonds. The van der Waals surface area contributed by atoms with E-state index >= 15 is 0 Å². The fourth-order valence-corrected chi connectivity index (χ4v) is 4.92. The van der Waals surface area contributed by atoms with Crippen LogP contribution in [0.5, 0.6) is 0 Å². The van der Waals surface area contributed by atoms with Gasteiger partial charge in [0, 0.05) is 17.0 Å². The molecule has 2 aliphatic rings. The van der Waals surface area contributed by atoms with Gasteiger partial charge in [-0.2, -0.15) is 10.5 Å². The summed E-state index contributed by atoms with van der Waals surface area (Å²) in [5, 5.41) is 20.7. The summed E-state index contributed by atoms with van der Waals surface area (Å²) in [5.74, 6) is -0.517. The number of ketones is 1. The van der Waals surface area contributed by atoms with Gasteiger partial charge in [0.2, 0.25) is 0 Å². The lowest BCUT2D eigenvalue weighted by Crippen LogP contribution is -2.47. The third kappa shape index (κ3) is 2.76. The second-order valence-corrected chi connectivity index (χ2v) is 9.31. The zero-order valence-corrected chi connectivity index (χ0v) is 17.8. The van der Waals surface area contributed by atoms with Gasteiger partial charge in [0.25, 0.3) is 0 Å². The van der Waals surface area contributed by atoms with Crippen LogP contribution >= 0.6 is 0 Å². The number of benzene rings is 2. The van der Waals surface area contributed by atoms with Crippen LogP contribution in [0.15, 0.2) is 54.6 Å². The Morgan fingerprint density at radius 3 is 2.40 bits per heavy atom. The number of carbonyl (C=O) groups is 1. The van der Waals surface area contributed by atoms with Gasteiger partial charge in [0.15, 0.2) is 11.2 Å². The monoisotopic (exact) mass is 395 g/mol. The van der Waals surface area contributed by atoms with E-state index in [4.69, 9.17) is 0 Å². The highest BCUT2D eigenvalue weighted by molar-refractivity contribution is 5.96. The van der Waals surface area contributed by atoms with Crippen LogP contribution in [0.2, 0.25) is 0 Å². The van der Waals surface area contributed by atoms with Gasteiger partial charge in [0.05, 0.1) is 24.2 Å². The molecule has 2 aromatic rings. The van der Waals surface area contributed by atoms with Crippen LogP contribution in [0.1, 0.15) is 43.4 Å². The van der Waals surface area contributed by atoms with E-state index in [0.29, 0.717) is 0 Å². The molecule has 2 aliphatic heterocycles. The molecular formula is C26H25N3O. The molecule has 4 heteroatoms. The van der Waals surface area contributed by atoms with E-state index in [0.717, 1.165) is 22.4 Å². The predicted molar refractivity (Wildman–Crippen MR) is 118 cm³/mol. The number of hydrogen-bond acceptors (Lipinski definition) is 4. The first-order valence-electron chi connectivity index (χ1n) is 10.2. The highest BCUT2D eigenvalue weighted by atomic mass is 16.1. The maximum absolute atomic E-state index is 13.8. The average molecular weight is 396 g/mol. The first-order chi connectivity index (χ1) is 14.2. The lowest BCUT2D eigenvalue weighted by Gasteiger charge is -2.37. The Morgan fingerprint density at radius 2 is 1.77 bits per heavy atom. The number of hydrogen-bond donors (Lipinski definition) is 0. The van der Waals surface area contributed by atoms with Crippen molar-refractivity contribution in [2.24, 2.45) is 10.8 Å². The van der Waals surface area contributed by atoms with E-state index in [1.807, 2.05) is 93.3 Å². The van der Waals surface area contributed by atoms with E-state index in [1.165, 1.54) is 0 Å². The lowest BCUT2D eigenvalue weighted by molar-refractivity contribution is -0.127. The van der Waals surface area contributed by atoms with E-state index in [2.05, 4.69) is 12.1 Å². The van der Waals surface area contributed by atoms with Crippen LogP contribution in [-0.4, -0.2) is 17.9 Å². The zero-order chi connectivity index (χ0) is 21.7. The normalized spacial score (nSPS) is 23.8. The fraction of sp³-hybridized carbons (Fsp3) is 0.346. The summed E-state index contributed by atoms with van der Waals surface area (Å²) in [4.78, 5) is 15.9. The molecule has 1 saturated heterocycles. The molecule has 0 bridgehead atoms. The first-order valence-corrected chi connectivity index (χ1v) is 10.2. The minimum Gasteiger partial charge on any atom is -0.351 e. The van der Waals surface area contributed by atoms with E-state index < -0.39 is 28.8 Å². The van der Waals surface area contributed by atoms with Crippen LogP contribution in [0.4, 0.5) is 5.69 Å². The van der Waals surface area contributed by atoms with Gasteiger partial charge in [-0.05, 0) is 24.1 Å². The summed E-state index contributed by atoms with van der Waals surface area (Å²) < 4.78 is 0. The van der Waals surface area contributed by atoms with Crippen molar-refractivity contribution in [1.29, 1.82) is 10.5 Å². The van der Waals surface area contributed by atoms with Gasteiger partial charge < -0.3 is 4.90 Å². The van der Waals surface area contributed by atoms with Crippen molar-refractivity contribution in [1.82, 2.24) is 0 Å². The molecular weight excluding hydrogens is 370 g/mol. The summed E-state index contributed by atoms with van der Waals surface area (Å²) in [6, 6.07) is 19.4. The Kier molecular flexibility index (Phi) is 4.55. The van der Waals surface area contributed by atoms with Gasteiger partial charge >= 0.3 is 0 Å². The Labute approximate surface area is 178 Å². The van der Waals surface area contributed by atoms with Crippen LogP contribution in [0.3, 0.4) is 0 Å². The Morgan fingerprint density at radius 1 is 1.07 bits per heavy atom. The van der Waals surface area contributed by atoms with Crippen molar-refractivity contribution in [3.05, 3.63) is 71.3 Å². The second kappa shape index (κ2) is 6.85. The smallest absolute Gasteiger partial charge is 0.176 e. The minimum absolute atomic E-state index is 0.0384. The zero-order valence-electron chi connectivity index (χ0n) is 17.8. The number of nitriles is 2. The summed E-state index contributed by atoms with van der Waals surface area (Å²) in [6.45, 7) is 7.70. The van der Waals surface area contributed by atoms with Gasteiger partial charge in [-0.25, -0.2) is 0 Å². The molecule has 2 aromatic carbocycles. The van der Waals surface area contributed by atoms with Crippen molar-refractivity contribution in [2.75, 3.05) is 4.90 Å². The molecule has 0 radical (unpaired) electrons. The molecule has 150 valence electrons. The third-order valence-corrected chi connectivity index (χ3v) is 6.32. The highest BCUT2D eigenvalue weighted by Gasteiger charge is 2.64. The number of fused-ring (bicyclic) bond motifs is 3. The van der Waals surface area contributed by atoms with Gasteiger partial charge in [-0.15, -0.1) is 0 Å². The third-order valence-electron chi connectivity index (χ3n) is 6.32. The number of rotatable bonds is 2. The molecule has 3 atom stereocenters. The van der Waals surface area contributed by atoms with Gasteiger partial charge in [0.1, 0.15) is 0 Å². The molecule has 0 saturated carbocycles. The van der Waals surface area contributed by atoms with Crippen molar-refractivity contribution in [3.63, 3.8) is 0 Å². The molecule has 0 unspecified atom stereocenters. The van der Waals surface area contributed by atoms with E-state index in [1.54, 1.807) is 0 Å². The molecule has 0 aliphatic carbocycles. The van der Waals surface area contributed by atoms with E-state index in [-0.39, 0.29) is 5.78 Å². The molecule has 0 N–H and O–H groups in total. The standard InChI is InChI=1S/C26H25N3O/c1-17-8-7-10-19(14-17)22-23(24(30)25(2,3)4)29-20-11-6-5-9-18(20)12-13-21(29)26(22,15-27)16-28/h5-14,21-23H,1-4H3/t21-,22-,23-/m0/s1. The number of para-hydroxylation sites is 1. The van der Waals surface area contributed by atoms with Gasteiger partial charge in [-0.1, -0.05) is 81.0 Å².